The molecule has 8 heteroatoms. The minimum absolute atomic E-state index is 0.0475. The van der Waals surface area contributed by atoms with Crippen LogP contribution in [0.5, 0.6) is 0 Å². The summed E-state index contributed by atoms with van der Waals surface area (Å²) in [6, 6.07) is 0. The van der Waals surface area contributed by atoms with Gasteiger partial charge in [0.15, 0.2) is 12.1 Å². The van der Waals surface area contributed by atoms with Crippen LogP contribution in [0.1, 0.15) is 52.9 Å². The van der Waals surface area contributed by atoms with E-state index in [9.17, 15) is 13.6 Å². The zero-order chi connectivity index (χ0) is 20.2. The SMILES string of the molecule is CCOC(C)OCC1COC2(O1)C1CC3CC2CC(OC(=O)C(C)(F)F)(C3)C1. The number of carbonyl (C=O) groups is 1. The third-order valence-electron chi connectivity index (χ3n) is 6.70. The molecular weight excluding hydrogens is 374 g/mol. The third-order valence-corrected chi connectivity index (χ3v) is 6.70. The Morgan fingerprint density at radius 3 is 2.50 bits per heavy atom. The van der Waals surface area contributed by atoms with Crippen LogP contribution < -0.4 is 0 Å². The van der Waals surface area contributed by atoms with Crippen LogP contribution in [-0.2, 0) is 28.5 Å². The molecule has 1 saturated heterocycles. The fraction of sp³-hybridized carbons (Fsp3) is 0.950. The fourth-order valence-electron chi connectivity index (χ4n) is 5.85. The van der Waals surface area contributed by atoms with E-state index < -0.39 is 23.3 Å². The molecule has 5 aliphatic rings. The van der Waals surface area contributed by atoms with Gasteiger partial charge in [-0.1, -0.05) is 0 Å². The van der Waals surface area contributed by atoms with E-state index >= 15 is 0 Å². The Morgan fingerprint density at radius 2 is 1.89 bits per heavy atom. The minimum atomic E-state index is -3.47. The maximum atomic E-state index is 13.4. The van der Waals surface area contributed by atoms with Gasteiger partial charge in [-0.25, -0.2) is 4.79 Å². The smallest absolute Gasteiger partial charge is 0.377 e. The zero-order valence-electron chi connectivity index (χ0n) is 16.7. The molecule has 0 radical (unpaired) electrons. The molecule has 5 rings (SSSR count). The van der Waals surface area contributed by atoms with Crippen LogP contribution in [0.3, 0.4) is 0 Å². The molecule has 4 bridgehead atoms. The highest BCUT2D eigenvalue weighted by Gasteiger charge is 2.67. The van der Waals surface area contributed by atoms with Crippen LogP contribution in [0.25, 0.3) is 0 Å². The summed E-state index contributed by atoms with van der Waals surface area (Å²) >= 11 is 0. The summed E-state index contributed by atoms with van der Waals surface area (Å²) < 4.78 is 55.9. The summed E-state index contributed by atoms with van der Waals surface area (Å²) in [6.07, 6.45) is 3.05. The lowest BCUT2D eigenvalue weighted by Crippen LogP contribution is -2.65. The quantitative estimate of drug-likeness (QED) is 0.479. The van der Waals surface area contributed by atoms with Crippen molar-refractivity contribution in [2.75, 3.05) is 19.8 Å². The molecule has 1 spiro atoms. The van der Waals surface area contributed by atoms with Crippen LogP contribution in [0, 0.1) is 17.8 Å². The van der Waals surface area contributed by atoms with Crippen molar-refractivity contribution in [3.05, 3.63) is 0 Å². The summed E-state index contributed by atoms with van der Waals surface area (Å²) in [4.78, 5) is 11.9. The van der Waals surface area contributed by atoms with Crippen molar-refractivity contribution < 1.29 is 37.3 Å². The van der Waals surface area contributed by atoms with Crippen molar-refractivity contribution >= 4 is 5.97 Å². The summed E-state index contributed by atoms with van der Waals surface area (Å²) in [5, 5.41) is 0. The van der Waals surface area contributed by atoms with Crippen molar-refractivity contribution in [3.63, 3.8) is 0 Å². The Hall–Kier alpha value is -0.830. The van der Waals surface area contributed by atoms with E-state index in [1.54, 1.807) is 0 Å². The van der Waals surface area contributed by atoms with E-state index in [2.05, 4.69) is 0 Å². The first-order valence-electron chi connectivity index (χ1n) is 10.3. The van der Waals surface area contributed by atoms with Crippen LogP contribution in [0.2, 0.25) is 0 Å². The maximum absolute atomic E-state index is 13.4. The van der Waals surface area contributed by atoms with Gasteiger partial charge >= 0.3 is 11.9 Å². The molecule has 4 atom stereocenters. The molecular formula is C20H30F2O6. The standard InChI is InChI=1S/C20H30F2O6/c1-4-24-12(2)25-10-16-11-26-20(27-16)14-5-13-6-15(20)9-19(7-13,8-14)28-17(23)18(3,21)22/h12-16H,4-11H2,1-3H3. The molecule has 4 saturated carbocycles. The average Bonchev–Trinajstić information content (AvgIpc) is 3.02. The number of rotatable bonds is 7. The zero-order valence-corrected chi connectivity index (χ0v) is 16.7. The average molecular weight is 404 g/mol. The van der Waals surface area contributed by atoms with Gasteiger partial charge in [0.25, 0.3) is 0 Å². The molecule has 5 fully saturated rings. The molecule has 160 valence electrons. The van der Waals surface area contributed by atoms with E-state index in [0.29, 0.717) is 51.9 Å². The third kappa shape index (κ3) is 3.57. The predicted molar refractivity (Wildman–Crippen MR) is 93.6 cm³/mol. The second-order valence-corrected chi connectivity index (χ2v) is 8.93. The molecule has 0 amide bonds. The van der Waals surface area contributed by atoms with E-state index in [1.807, 2.05) is 13.8 Å². The molecule has 4 aliphatic carbocycles. The lowest BCUT2D eigenvalue weighted by atomic mass is 9.51. The van der Waals surface area contributed by atoms with Gasteiger partial charge < -0.3 is 23.7 Å². The van der Waals surface area contributed by atoms with Gasteiger partial charge in [-0.05, 0) is 51.9 Å². The summed E-state index contributed by atoms with van der Waals surface area (Å²) in [5.74, 6) is -5.14. The predicted octanol–water partition coefficient (Wildman–Crippen LogP) is 3.27. The number of carbonyl (C=O) groups excluding carboxylic acids is 1. The second kappa shape index (κ2) is 7.15. The fourth-order valence-corrected chi connectivity index (χ4v) is 5.85. The van der Waals surface area contributed by atoms with Crippen molar-refractivity contribution in [1.82, 2.24) is 0 Å². The van der Waals surface area contributed by atoms with Crippen molar-refractivity contribution in [3.8, 4) is 0 Å². The van der Waals surface area contributed by atoms with Gasteiger partial charge in [-0.2, -0.15) is 8.78 Å². The second-order valence-electron chi connectivity index (χ2n) is 8.93. The maximum Gasteiger partial charge on any atom is 0.377 e. The number of esters is 1. The summed E-state index contributed by atoms with van der Waals surface area (Å²) in [6.45, 7) is 5.75. The first-order valence-corrected chi connectivity index (χ1v) is 10.3. The first kappa shape index (κ1) is 20.4. The van der Waals surface area contributed by atoms with Crippen molar-refractivity contribution in [2.24, 2.45) is 17.8 Å². The lowest BCUT2D eigenvalue weighted by Gasteiger charge is -2.62. The van der Waals surface area contributed by atoms with Crippen LogP contribution in [-0.4, -0.2) is 55.5 Å². The normalized spacial score (nSPS) is 42.9. The highest BCUT2D eigenvalue weighted by Crippen LogP contribution is 2.64. The highest BCUT2D eigenvalue weighted by molar-refractivity contribution is 5.77. The molecule has 0 aromatic rings. The minimum Gasteiger partial charge on any atom is -0.455 e. The van der Waals surface area contributed by atoms with Gasteiger partial charge in [-0.3, -0.25) is 0 Å². The number of hydrogen-bond donors (Lipinski definition) is 0. The van der Waals surface area contributed by atoms with Gasteiger partial charge in [-0.15, -0.1) is 0 Å². The Labute approximate surface area is 164 Å². The van der Waals surface area contributed by atoms with Crippen LogP contribution in [0.4, 0.5) is 8.78 Å². The Balaban J connectivity index is 1.42. The number of ether oxygens (including phenoxy) is 5. The van der Waals surface area contributed by atoms with Gasteiger partial charge in [0.2, 0.25) is 0 Å². The van der Waals surface area contributed by atoms with Crippen molar-refractivity contribution in [1.29, 1.82) is 0 Å². The van der Waals surface area contributed by atoms with Crippen molar-refractivity contribution in [2.45, 2.75) is 82.6 Å². The largest absolute Gasteiger partial charge is 0.455 e. The summed E-state index contributed by atoms with van der Waals surface area (Å²) in [7, 11) is 0. The van der Waals surface area contributed by atoms with E-state index in [-0.39, 0.29) is 24.2 Å². The lowest BCUT2D eigenvalue weighted by molar-refractivity contribution is -0.323. The number of halogens is 2. The molecule has 4 unspecified atom stereocenters. The van der Waals surface area contributed by atoms with E-state index in [0.717, 1.165) is 12.8 Å². The van der Waals surface area contributed by atoms with E-state index in [1.165, 1.54) is 0 Å². The molecule has 28 heavy (non-hydrogen) atoms. The number of alkyl halides is 2. The van der Waals surface area contributed by atoms with Gasteiger partial charge in [0.05, 0.1) is 13.2 Å². The van der Waals surface area contributed by atoms with Crippen LogP contribution >= 0.6 is 0 Å². The number of hydrogen-bond acceptors (Lipinski definition) is 6. The van der Waals surface area contributed by atoms with Gasteiger partial charge in [0.1, 0.15) is 11.7 Å². The van der Waals surface area contributed by atoms with Crippen LogP contribution in [0.15, 0.2) is 0 Å². The highest BCUT2D eigenvalue weighted by atomic mass is 19.3. The first-order chi connectivity index (χ1) is 13.2. The van der Waals surface area contributed by atoms with E-state index in [4.69, 9.17) is 23.7 Å². The van der Waals surface area contributed by atoms with Gasteiger partial charge in [0, 0.05) is 25.4 Å². The molecule has 0 aromatic carbocycles. The Morgan fingerprint density at radius 1 is 1.21 bits per heavy atom. The topological polar surface area (TPSA) is 63.2 Å². The molecule has 6 nitrogen and oxygen atoms in total. The Bertz CT molecular complexity index is 590. The monoisotopic (exact) mass is 404 g/mol. The molecule has 1 aliphatic heterocycles. The molecule has 0 aromatic heterocycles. The molecule has 0 N–H and O–H groups in total. The molecule has 1 heterocycles. The Kier molecular flexibility index (Phi) is 5.22. The summed E-state index contributed by atoms with van der Waals surface area (Å²) in [5.41, 5.74) is -0.803.